The molecule has 1 fully saturated rings. The fourth-order valence-electron chi connectivity index (χ4n) is 3.12. The fourth-order valence-corrected chi connectivity index (χ4v) is 3.33. The largest absolute Gasteiger partial charge is 0.349 e. The van der Waals surface area contributed by atoms with E-state index in [4.69, 9.17) is 12.2 Å². The summed E-state index contributed by atoms with van der Waals surface area (Å²) in [5.74, 6) is -0.0407. The van der Waals surface area contributed by atoms with Crippen LogP contribution in [-0.4, -0.2) is 31.4 Å². The normalized spacial score (nSPS) is 13.7. The lowest BCUT2D eigenvalue weighted by Gasteiger charge is -2.09. The number of nitrogens with one attached hydrogen (secondary N) is 2. The molecular formula is C23H23N5O2S. The van der Waals surface area contributed by atoms with Gasteiger partial charge in [-0.15, -0.1) is 0 Å². The van der Waals surface area contributed by atoms with Crippen LogP contribution in [-0.2, 0) is 0 Å². The zero-order valence-electron chi connectivity index (χ0n) is 17.3. The maximum Gasteiger partial charge on any atom is 0.256 e. The van der Waals surface area contributed by atoms with Gasteiger partial charge in [-0.1, -0.05) is 12.1 Å². The summed E-state index contributed by atoms with van der Waals surface area (Å²) in [6, 6.07) is 10.9. The maximum absolute atomic E-state index is 12.4. The first-order valence-electron chi connectivity index (χ1n) is 10.0. The van der Waals surface area contributed by atoms with Crippen molar-refractivity contribution < 1.29 is 4.79 Å². The number of carbonyl (C=O) groups is 1. The second-order valence-electron chi connectivity index (χ2n) is 7.60. The second-order valence-corrected chi connectivity index (χ2v) is 7.98. The molecule has 3 aromatic rings. The Morgan fingerprint density at radius 1 is 1.26 bits per heavy atom. The van der Waals surface area contributed by atoms with Crippen LogP contribution in [0.25, 0.3) is 16.8 Å². The molecule has 0 radical (unpaired) electrons. The third-order valence-electron chi connectivity index (χ3n) is 5.11. The summed E-state index contributed by atoms with van der Waals surface area (Å²) in [6.07, 6.45) is 9.09. The molecule has 4 rings (SSSR count). The Hall–Kier alpha value is -3.52. The summed E-state index contributed by atoms with van der Waals surface area (Å²) >= 11 is 5.29. The lowest BCUT2D eigenvalue weighted by molar-refractivity contribution is 0.0951. The van der Waals surface area contributed by atoms with Crippen molar-refractivity contribution in [1.29, 1.82) is 0 Å². The minimum absolute atomic E-state index is 0.0407. The van der Waals surface area contributed by atoms with Crippen molar-refractivity contribution in [3.05, 3.63) is 82.7 Å². The van der Waals surface area contributed by atoms with Crippen LogP contribution in [0.1, 0.15) is 35.7 Å². The molecule has 2 aromatic heterocycles. The smallest absolute Gasteiger partial charge is 0.256 e. The number of hydrogen-bond acceptors (Lipinski definition) is 4. The van der Waals surface area contributed by atoms with E-state index in [2.05, 4.69) is 15.7 Å². The first-order valence-corrected chi connectivity index (χ1v) is 10.5. The molecule has 0 atom stereocenters. The molecule has 7 nitrogen and oxygen atoms in total. The Morgan fingerprint density at radius 2 is 2.06 bits per heavy atom. The van der Waals surface area contributed by atoms with Crippen molar-refractivity contribution in [2.75, 3.05) is 0 Å². The standard InChI is InChI=1S/C23H23N5O2S/c1-15-6-7-17(22(30)26-19-8-9-19)11-20(15)18-13-25-28(14-18)16(2)12-24-23(31)27-10-4-3-5-21(27)29/h3-7,10-14,19H,8-9H2,1-2H3,(H,24,31)(H,26,30)/b16-12+. The van der Waals surface area contributed by atoms with E-state index in [1.54, 1.807) is 35.4 Å². The zero-order chi connectivity index (χ0) is 22.0. The lowest BCUT2D eigenvalue weighted by Crippen LogP contribution is -2.32. The number of nitrogens with zero attached hydrogens (tertiary/aromatic N) is 3. The average molecular weight is 434 g/mol. The summed E-state index contributed by atoms with van der Waals surface area (Å²) in [6.45, 7) is 3.89. The highest BCUT2D eigenvalue weighted by Gasteiger charge is 2.24. The van der Waals surface area contributed by atoms with E-state index < -0.39 is 0 Å². The molecule has 1 saturated carbocycles. The second kappa shape index (κ2) is 8.69. The number of hydrogen-bond donors (Lipinski definition) is 2. The lowest BCUT2D eigenvalue weighted by atomic mass is 10.0. The van der Waals surface area contributed by atoms with Gasteiger partial charge >= 0.3 is 0 Å². The molecule has 0 saturated heterocycles. The van der Waals surface area contributed by atoms with Gasteiger partial charge in [-0.3, -0.25) is 14.2 Å². The van der Waals surface area contributed by atoms with Crippen LogP contribution in [0.2, 0.25) is 0 Å². The third kappa shape index (κ3) is 4.80. The zero-order valence-corrected chi connectivity index (χ0v) is 18.1. The first-order chi connectivity index (χ1) is 14.9. The number of pyridine rings is 1. The van der Waals surface area contributed by atoms with Crippen LogP contribution >= 0.6 is 12.2 Å². The monoisotopic (exact) mass is 433 g/mol. The molecule has 8 heteroatoms. The Balaban J connectivity index is 1.51. The predicted molar refractivity (Wildman–Crippen MR) is 125 cm³/mol. The Morgan fingerprint density at radius 3 is 2.81 bits per heavy atom. The van der Waals surface area contributed by atoms with E-state index in [0.717, 1.165) is 35.2 Å². The van der Waals surface area contributed by atoms with Crippen molar-refractivity contribution in [1.82, 2.24) is 25.0 Å². The van der Waals surface area contributed by atoms with Gasteiger partial charge in [0, 0.05) is 41.8 Å². The van der Waals surface area contributed by atoms with Gasteiger partial charge in [0.05, 0.1) is 11.9 Å². The Bertz CT molecular complexity index is 1240. The molecule has 0 spiro atoms. The highest BCUT2D eigenvalue weighted by molar-refractivity contribution is 7.80. The number of carbonyl (C=O) groups excluding carboxylic acids is 1. The van der Waals surface area contributed by atoms with Gasteiger partial charge in [0.2, 0.25) is 0 Å². The van der Waals surface area contributed by atoms with Crippen LogP contribution in [0.3, 0.4) is 0 Å². The van der Waals surface area contributed by atoms with Crippen molar-refractivity contribution >= 4 is 28.9 Å². The molecule has 2 heterocycles. The van der Waals surface area contributed by atoms with Crippen molar-refractivity contribution in [3.63, 3.8) is 0 Å². The number of aryl methyl sites for hydroxylation is 1. The number of allylic oxidation sites excluding steroid dienone is 1. The van der Waals surface area contributed by atoms with Crippen molar-refractivity contribution in [2.45, 2.75) is 32.7 Å². The minimum atomic E-state index is -0.200. The molecule has 158 valence electrons. The molecule has 1 amide bonds. The van der Waals surface area contributed by atoms with Crippen LogP contribution in [0.5, 0.6) is 0 Å². The summed E-state index contributed by atoms with van der Waals surface area (Å²) < 4.78 is 3.07. The minimum Gasteiger partial charge on any atom is -0.349 e. The highest BCUT2D eigenvalue weighted by Crippen LogP contribution is 2.26. The topological polar surface area (TPSA) is 81.0 Å². The quantitative estimate of drug-likeness (QED) is 0.604. The highest BCUT2D eigenvalue weighted by atomic mass is 32.1. The average Bonchev–Trinajstić information content (AvgIpc) is 3.44. The van der Waals surface area contributed by atoms with E-state index >= 15 is 0 Å². The van der Waals surface area contributed by atoms with Crippen LogP contribution in [0.4, 0.5) is 0 Å². The van der Waals surface area contributed by atoms with E-state index in [0.29, 0.717) is 11.6 Å². The number of amides is 1. The molecule has 1 aliphatic carbocycles. The molecule has 2 N–H and O–H groups in total. The van der Waals surface area contributed by atoms with E-state index in [1.807, 2.05) is 38.2 Å². The van der Waals surface area contributed by atoms with Crippen molar-refractivity contribution in [2.24, 2.45) is 0 Å². The van der Waals surface area contributed by atoms with Crippen LogP contribution in [0.15, 0.2) is 66.0 Å². The number of thiocarbonyl (C=S) groups is 1. The number of rotatable bonds is 5. The molecule has 0 unspecified atom stereocenters. The number of benzene rings is 1. The molecule has 1 aromatic carbocycles. The van der Waals surface area contributed by atoms with Crippen molar-refractivity contribution in [3.8, 4) is 11.1 Å². The molecular weight excluding hydrogens is 410 g/mol. The summed E-state index contributed by atoms with van der Waals surface area (Å²) in [5.41, 5.74) is 4.17. The van der Waals surface area contributed by atoms with Crippen LogP contribution < -0.4 is 16.2 Å². The van der Waals surface area contributed by atoms with E-state index in [-0.39, 0.29) is 16.6 Å². The van der Waals surface area contributed by atoms with Gasteiger partial charge in [0.15, 0.2) is 5.11 Å². The third-order valence-corrected chi connectivity index (χ3v) is 5.43. The molecule has 0 bridgehead atoms. The summed E-state index contributed by atoms with van der Waals surface area (Å²) in [4.78, 5) is 24.3. The predicted octanol–water partition coefficient (Wildman–Crippen LogP) is 3.15. The molecule has 0 aliphatic heterocycles. The van der Waals surface area contributed by atoms with Crippen LogP contribution in [0, 0.1) is 6.92 Å². The van der Waals surface area contributed by atoms with Gasteiger partial charge in [-0.25, -0.2) is 4.68 Å². The Kier molecular flexibility index (Phi) is 5.81. The van der Waals surface area contributed by atoms with Gasteiger partial charge in [-0.2, -0.15) is 5.10 Å². The molecule has 31 heavy (non-hydrogen) atoms. The van der Waals surface area contributed by atoms with E-state index in [9.17, 15) is 9.59 Å². The maximum atomic E-state index is 12.4. The fraction of sp³-hybridized carbons (Fsp3) is 0.217. The van der Waals surface area contributed by atoms with Gasteiger partial charge < -0.3 is 10.6 Å². The molecule has 1 aliphatic rings. The SMILES string of the molecule is C/C(=C\NC(=S)n1ccccc1=O)n1cc(-c2cc(C(=O)NC3CC3)ccc2C)cn1. The first kappa shape index (κ1) is 20.7. The van der Waals surface area contributed by atoms with E-state index in [1.165, 1.54) is 10.6 Å². The Labute approximate surface area is 185 Å². The summed E-state index contributed by atoms with van der Waals surface area (Å²) in [5, 5.41) is 10.7. The van der Waals surface area contributed by atoms with Gasteiger partial charge in [0.1, 0.15) is 0 Å². The number of aromatic nitrogens is 3. The van der Waals surface area contributed by atoms with Gasteiger partial charge in [-0.05, 0) is 68.2 Å². The van der Waals surface area contributed by atoms with Gasteiger partial charge in [0.25, 0.3) is 11.5 Å². The summed E-state index contributed by atoms with van der Waals surface area (Å²) in [7, 11) is 0.